The van der Waals surface area contributed by atoms with Gasteiger partial charge in [-0.15, -0.1) is 0 Å². The van der Waals surface area contributed by atoms with Gasteiger partial charge in [-0.1, -0.05) is 0 Å². The van der Waals surface area contributed by atoms with Gasteiger partial charge in [-0.25, -0.2) is 4.98 Å². The highest BCUT2D eigenvalue weighted by molar-refractivity contribution is 9.10. The third kappa shape index (κ3) is 4.32. The molecule has 2 N–H and O–H groups in total. The zero-order chi connectivity index (χ0) is 21.1. The van der Waals surface area contributed by atoms with Crippen molar-refractivity contribution in [2.45, 2.75) is 0 Å². The molecule has 1 amide bonds. The number of hydrogen-bond acceptors (Lipinski definition) is 6. The summed E-state index contributed by atoms with van der Waals surface area (Å²) in [7, 11) is 1.56. The third-order valence-corrected chi connectivity index (χ3v) is 5.02. The third-order valence-electron chi connectivity index (χ3n) is 4.19. The maximum atomic E-state index is 12.4. The Hall–Kier alpha value is -3.30. The molecule has 0 saturated heterocycles. The number of nitrogens with zero attached hydrogens (tertiary/aromatic N) is 2. The van der Waals surface area contributed by atoms with Gasteiger partial charge >= 0.3 is 0 Å². The van der Waals surface area contributed by atoms with Crippen molar-refractivity contribution in [2.75, 3.05) is 12.4 Å². The van der Waals surface area contributed by atoms with Crippen molar-refractivity contribution in [2.24, 2.45) is 0 Å². The molecule has 7 nitrogen and oxygen atoms in total. The van der Waals surface area contributed by atoms with Crippen molar-refractivity contribution in [3.05, 3.63) is 71.0 Å². The highest BCUT2D eigenvalue weighted by Gasteiger charge is 2.12. The summed E-state index contributed by atoms with van der Waals surface area (Å²) in [6.45, 7) is 0. The lowest BCUT2D eigenvalue weighted by atomic mass is 10.2. The first kappa shape index (κ1) is 20.0. The second-order valence-corrected chi connectivity index (χ2v) is 7.46. The number of anilines is 1. The van der Waals surface area contributed by atoms with Crippen molar-refractivity contribution in [1.82, 2.24) is 15.3 Å². The standard InChI is InChI=1S/C21H15BrN4O3S/c1-28-17-6-4-12(9-15(17)22)19(27)26-21(30)24-14-5-7-18-16(10-14)25-20(29-18)13-3-2-8-23-11-13/h2-11H,1H3,(H2,24,26,27,30). The van der Waals surface area contributed by atoms with Crippen molar-refractivity contribution in [1.29, 1.82) is 0 Å². The number of pyridine rings is 1. The van der Waals surface area contributed by atoms with Crippen LogP contribution >= 0.6 is 28.1 Å². The molecule has 0 aliphatic rings. The maximum Gasteiger partial charge on any atom is 0.257 e. The van der Waals surface area contributed by atoms with E-state index in [0.717, 1.165) is 5.56 Å². The Balaban J connectivity index is 1.46. The van der Waals surface area contributed by atoms with Crippen LogP contribution in [0.25, 0.3) is 22.6 Å². The number of thiocarbonyl (C=S) groups is 1. The van der Waals surface area contributed by atoms with Crippen molar-refractivity contribution < 1.29 is 13.9 Å². The molecule has 0 fully saturated rings. The molecule has 150 valence electrons. The van der Waals surface area contributed by atoms with Crippen LogP contribution in [0.15, 0.2) is 69.8 Å². The Kier molecular flexibility index (Phi) is 5.73. The van der Waals surface area contributed by atoms with Gasteiger partial charge in [-0.05, 0) is 76.7 Å². The fourth-order valence-corrected chi connectivity index (χ4v) is 3.51. The van der Waals surface area contributed by atoms with E-state index in [2.05, 4.69) is 36.5 Å². The molecule has 9 heteroatoms. The van der Waals surface area contributed by atoms with E-state index >= 15 is 0 Å². The summed E-state index contributed by atoms with van der Waals surface area (Å²) in [4.78, 5) is 21.0. The van der Waals surface area contributed by atoms with E-state index < -0.39 is 0 Å². The minimum absolute atomic E-state index is 0.169. The lowest BCUT2D eigenvalue weighted by Gasteiger charge is -2.10. The summed E-state index contributed by atoms with van der Waals surface area (Å²) >= 11 is 8.63. The summed E-state index contributed by atoms with van der Waals surface area (Å²) in [5.74, 6) is 0.785. The number of rotatable bonds is 4. The average molecular weight is 483 g/mol. The lowest BCUT2D eigenvalue weighted by molar-refractivity contribution is 0.0977. The van der Waals surface area contributed by atoms with Crippen LogP contribution in [0.2, 0.25) is 0 Å². The number of carbonyl (C=O) groups is 1. The summed E-state index contributed by atoms with van der Waals surface area (Å²) in [5, 5.41) is 5.81. The van der Waals surface area contributed by atoms with E-state index in [1.54, 1.807) is 55.9 Å². The molecule has 0 bridgehead atoms. The Morgan fingerprint density at radius 1 is 1.20 bits per heavy atom. The van der Waals surface area contributed by atoms with E-state index in [1.165, 1.54) is 0 Å². The molecule has 30 heavy (non-hydrogen) atoms. The van der Waals surface area contributed by atoms with Crippen molar-refractivity contribution in [3.8, 4) is 17.2 Å². The number of nitrogens with one attached hydrogen (secondary N) is 2. The van der Waals surface area contributed by atoms with Gasteiger partial charge in [0.2, 0.25) is 5.89 Å². The van der Waals surface area contributed by atoms with Gasteiger partial charge in [-0.2, -0.15) is 0 Å². The van der Waals surface area contributed by atoms with Crippen LogP contribution in [0.5, 0.6) is 5.75 Å². The molecule has 0 saturated carbocycles. The van der Waals surface area contributed by atoms with Gasteiger partial charge in [0.1, 0.15) is 11.3 Å². The van der Waals surface area contributed by atoms with Gasteiger partial charge in [0.15, 0.2) is 10.7 Å². The molecule has 0 aliphatic carbocycles. The Morgan fingerprint density at radius 3 is 2.80 bits per heavy atom. The van der Waals surface area contributed by atoms with Gasteiger partial charge in [0, 0.05) is 23.6 Å². The summed E-state index contributed by atoms with van der Waals surface area (Å²) in [6.07, 6.45) is 3.38. The van der Waals surface area contributed by atoms with Crippen LogP contribution in [0.3, 0.4) is 0 Å². The quantitative estimate of drug-likeness (QED) is 0.404. The molecule has 0 radical (unpaired) electrons. The zero-order valence-electron chi connectivity index (χ0n) is 15.7. The van der Waals surface area contributed by atoms with Gasteiger partial charge in [-0.3, -0.25) is 15.1 Å². The van der Waals surface area contributed by atoms with E-state index in [4.69, 9.17) is 21.4 Å². The van der Waals surface area contributed by atoms with Crippen LogP contribution in [0.1, 0.15) is 10.4 Å². The molecular formula is C21H15BrN4O3S. The Bertz CT molecular complexity index is 1240. The SMILES string of the molecule is COc1ccc(C(=O)NC(=S)Nc2ccc3oc(-c4cccnc4)nc3c2)cc1Br. The predicted molar refractivity (Wildman–Crippen MR) is 122 cm³/mol. The molecule has 4 aromatic rings. The number of methoxy groups -OCH3 is 1. The van der Waals surface area contributed by atoms with E-state index in [9.17, 15) is 4.79 Å². The van der Waals surface area contributed by atoms with Crippen LogP contribution in [0, 0.1) is 0 Å². The highest BCUT2D eigenvalue weighted by atomic mass is 79.9. The molecule has 0 spiro atoms. The number of halogens is 1. The fraction of sp³-hybridized carbons (Fsp3) is 0.0476. The Morgan fingerprint density at radius 2 is 2.07 bits per heavy atom. The number of aromatic nitrogens is 2. The first-order chi connectivity index (χ1) is 14.5. The number of fused-ring (bicyclic) bond motifs is 1. The normalized spacial score (nSPS) is 10.6. The second kappa shape index (κ2) is 8.60. The highest BCUT2D eigenvalue weighted by Crippen LogP contribution is 2.26. The molecular weight excluding hydrogens is 468 g/mol. The fourth-order valence-electron chi connectivity index (χ4n) is 2.76. The molecule has 0 atom stereocenters. The van der Waals surface area contributed by atoms with Crippen LogP contribution in [-0.4, -0.2) is 28.1 Å². The van der Waals surface area contributed by atoms with Crippen LogP contribution in [0.4, 0.5) is 5.69 Å². The number of carbonyl (C=O) groups excluding carboxylic acids is 1. The van der Waals surface area contributed by atoms with Gasteiger partial charge in [0.25, 0.3) is 5.91 Å². The number of benzene rings is 2. The molecule has 0 aliphatic heterocycles. The Labute approximate surface area is 185 Å². The molecule has 2 heterocycles. The van der Waals surface area contributed by atoms with Gasteiger partial charge in [0.05, 0.1) is 17.1 Å². The topological polar surface area (TPSA) is 89.3 Å². The number of hydrogen-bond donors (Lipinski definition) is 2. The first-order valence-electron chi connectivity index (χ1n) is 8.80. The monoisotopic (exact) mass is 482 g/mol. The molecule has 4 rings (SSSR count). The summed E-state index contributed by atoms with van der Waals surface area (Å²) in [5.41, 5.74) is 3.20. The predicted octanol–water partition coefficient (Wildman–Crippen LogP) is 4.79. The average Bonchev–Trinajstić information content (AvgIpc) is 3.17. The van der Waals surface area contributed by atoms with E-state index in [0.29, 0.717) is 38.5 Å². The first-order valence-corrected chi connectivity index (χ1v) is 10.0. The maximum absolute atomic E-state index is 12.4. The number of oxazole rings is 1. The minimum Gasteiger partial charge on any atom is -0.496 e. The van der Waals surface area contributed by atoms with E-state index in [-0.39, 0.29) is 11.0 Å². The minimum atomic E-state index is -0.336. The van der Waals surface area contributed by atoms with Crippen LogP contribution in [-0.2, 0) is 0 Å². The van der Waals surface area contributed by atoms with Crippen molar-refractivity contribution in [3.63, 3.8) is 0 Å². The number of ether oxygens (including phenoxy) is 1. The molecule has 0 unspecified atom stereocenters. The largest absolute Gasteiger partial charge is 0.496 e. The molecule has 2 aromatic heterocycles. The number of amides is 1. The summed E-state index contributed by atoms with van der Waals surface area (Å²) < 4.78 is 11.6. The van der Waals surface area contributed by atoms with Crippen molar-refractivity contribution >= 4 is 56.0 Å². The second-order valence-electron chi connectivity index (χ2n) is 6.20. The van der Waals surface area contributed by atoms with Gasteiger partial charge < -0.3 is 14.5 Å². The van der Waals surface area contributed by atoms with Crippen LogP contribution < -0.4 is 15.4 Å². The molecule has 2 aromatic carbocycles. The smallest absolute Gasteiger partial charge is 0.257 e. The summed E-state index contributed by atoms with van der Waals surface area (Å²) in [6, 6.07) is 14.1. The van der Waals surface area contributed by atoms with E-state index in [1.807, 2.05) is 12.1 Å². The zero-order valence-corrected chi connectivity index (χ0v) is 18.1. The lowest BCUT2D eigenvalue weighted by Crippen LogP contribution is -2.34.